The Morgan fingerprint density at radius 3 is 2.35 bits per heavy atom. The van der Waals surface area contributed by atoms with Crippen molar-refractivity contribution >= 4 is 44.6 Å². The summed E-state index contributed by atoms with van der Waals surface area (Å²) in [6, 6.07) is 5.42. The fourth-order valence-corrected chi connectivity index (χ4v) is 7.09. The van der Waals surface area contributed by atoms with Crippen molar-refractivity contribution in [1.82, 2.24) is 25.2 Å². The van der Waals surface area contributed by atoms with E-state index in [9.17, 15) is 27.6 Å². The number of ether oxygens (including phenoxy) is 2. The van der Waals surface area contributed by atoms with Crippen molar-refractivity contribution in [3.8, 4) is 5.88 Å². The summed E-state index contributed by atoms with van der Waals surface area (Å²) in [6.07, 6.45) is 2.37. The number of hydrogen-bond donors (Lipinski definition) is 3. The van der Waals surface area contributed by atoms with Crippen LogP contribution in [0.1, 0.15) is 79.7 Å². The fraction of sp³-hybridized carbons (Fsp3) is 0.571. The summed E-state index contributed by atoms with van der Waals surface area (Å²) in [5.41, 5.74) is -2.28. The van der Waals surface area contributed by atoms with Crippen LogP contribution in [0.4, 0.5) is 4.79 Å². The second-order valence-electron chi connectivity index (χ2n) is 15.3. The Morgan fingerprint density at radius 2 is 1.76 bits per heavy atom. The summed E-state index contributed by atoms with van der Waals surface area (Å²) in [5, 5.41) is 6.41. The average molecular weight is 700 g/mol. The molecule has 1 aliphatic carbocycles. The van der Waals surface area contributed by atoms with Gasteiger partial charge in [0, 0.05) is 18.0 Å². The molecule has 1 saturated carbocycles. The molecule has 1 aliphatic heterocycles. The van der Waals surface area contributed by atoms with Crippen LogP contribution in [0.5, 0.6) is 5.88 Å². The summed E-state index contributed by atoms with van der Waals surface area (Å²) in [6.45, 7) is 17.5. The molecule has 1 aromatic heterocycles. The summed E-state index contributed by atoms with van der Waals surface area (Å²) in [7, 11) is -3.91. The van der Waals surface area contributed by atoms with Gasteiger partial charge >= 0.3 is 6.09 Å². The van der Waals surface area contributed by atoms with E-state index in [-0.39, 0.29) is 19.4 Å². The van der Waals surface area contributed by atoms with E-state index in [1.807, 2.05) is 31.2 Å². The van der Waals surface area contributed by atoms with Crippen molar-refractivity contribution in [2.24, 2.45) is 5.41 Å². The van der Waals surface area contributed by atoms with Crippen LogP contribution in [-0.2, 0) is 29.1 Å². The van der Waals surface area contributed by atoms with Gasteiger partial charge in [0.2, 0.25) is 27.7 Å². The lowest BCUT2D eigenvalue weighted by Crippen LogP contribution is -2.62. The smallest absolute Gasteiger partial charge is 0.408 e. The third-order valence-electron chi connectivity index (χ3n) is 8.44. The minimum absolute atomic E-state index is 0.0248. The number of amides is 4. The first kappa shape index (κ1) is 37.6. The molecule has 13 nitrogen and oxygen atoms in total. The number of benzene rings is 1. The van der Waals surface area contributed by atoms with Crippen LogP contribution < -0.4 is 20.1 Å². The molecule has 4 amide bonds. The number of carbonyl (C=O) groups is 4. The zero-order valence-corrected chi connectivity index (χ0v) is 30.4. The second kappa shape index (κ2) is 14.0. The van der Waals surface area contributed by atoms with Crippen LogP contribution in [0, 0.1) is 12.3 Å². The van der Waals surface area contributed by atoms with Crippen LogP contribution in [-0.4, -0.2) is 83.2 Å². The number of aromatic nitrogens is 1. The number of nitrogens with zero attached hydrogens (tertiary/aromatic N) is 2. The fourth-order valence-electron chi connectivity index (χ4n) is 5.68. The Labute approximate surface area is 288 Å². The Kier molecular flexibility index (Phi) is 10.7. The van der Waals surface area contributed by atoms with Gasteiger partial charge in [0.15, 0.2) is 0 Å². The van der Waals surface area contributed by atoms with Crippen molar-refractivity contribution in [1.29, 1.82) is 0 Å². The van der Waals surface area contributed by atoms with Gasteiger partial charge in [-0.05, 0) is 76.8 Å². The number of hydrogen-bond acceptors (Lipinski definition) is 9. The van der Waals surface area contributed by atoms with E-state index in [4.69, 9.17) is 9.47 Å². The van der Waals surface area contributed by atoms with Crippen molar-refractivity contribution < 1.29 is 37.1 Å². The number of aryl methyl sites for hydroxylation is 1. The highest BCUT2D eigenvalue weighted by molar-refractivity contribution is 7.91. The highest BCUT2D eigenvalue weighted by Gasteiger charge is 2.48. The van der Waals surface area contributed by atoms with Crippen LogP contribution in [0.2, 0.25) is 0 Å². The van der Waals surface area contributed by atoms with Crippen LogP contribution in [0.15, 0.2) is 43.1 Å². The van der Waals surface area contributed by atoms with E-state index >= 15 is 0 Å². The largest absolute Gasteiger partial charge is 0.472 e. The van der Waals surface area contributed by atoms with Gasteiger partial charge in [0.25, 0.3) is 5.91 Å². The molecule has 1 aromatic carbocycles. The first-order valence-corrected chi connectivity index (χ1v) is 18.0. The van der Waals surface area contributed by atoms with Gasteiger partial charge < -0.3 is 25.0 Å². The standard InChI is InChI=1S/C35H49N5O8S/c1-10-16-35(9,31(43)39-49(45,46)24-12-13-24)38-28(41)26-19-23(47-29-25-14-11-21(2)18-22(25)15-17-36-29)20-40(26)30(42)27(33(3,4)5)37-32(44)48-34(6,7)8/h10-11,14-15,17-18,23-24,26-27H,1,12-13,16,19-20H2,2-9H3,(H,37,44)(H,38,41)(H,39,43)/t23-,26-,27-,35+/m1/s1. The molecule has 0 unspecified atom stereocenters. The van der Waals surface area contributed by atoms with Crippen molar-refractivity contribution in [3.63, 3.8) is 0 Å². The van der Waals surface area contributed by atoms with Gasteiger partial charge in [-0.2, -0.15) is 0 Å². The molecule has 4 atom stereocenters. The first-order valence-electron chi connectivity index (χ1n) is 16.4. The SMILES string of the molecule is C=CC[C@](C)(NC(=O)[C@H]1C[C@@H](Oc2nccc3cc(C)ccc23)CN1C(=O)[C@@H](NC(=O)OC(C)(C)C)C(C)(C)C)C(=O)NS(=O)(=O)C1CC1. The molecule has 2 fully saturated rings. The summed E-state index contributed by atoms with van der Waals surface area (Å²) in [5.74, 6) is -1.84. The molecule has 0 spiro atoms. The van der Waals surface area contributed by atoms with E-state index in [0.29, 0.717) is 18.7 Å². The van der Waals surface area contributed by atoms with E-state index in [2.05, 4.69) is 26.9 Å². The molecule has 0 bridgehead atoms. The number of carbonyl (C=O) groups excluding carboxylic acids is 4. The zero-order valence-electron chi connectivity index (χ0n) is 29.6. The Balaban J connectivity index is 1.66. The number of likely N-dealkylation sites (tertiary alicyclic amines) is 1. The predicted octanol–water partition coefficient (Wildman–Crippen LogP) is 3.89. The first-order chi connectivity index (χ1) is 22.6. The Bertz CT molecular complexity index is 1730. The highest BCUT2D eigenvalue weighted by Crippen LogP contribution is 2.32. The minimum atomic E-state index is -3.91. The van der Waals surface area contributed by atoms with Crippen molar-refractivity contribution in [2.45, 2.75) is 116 Å². The van der Waals surface area contributed by atoms with E-state index < -0.39 is 73.8 Å². The lowest BCUT2D eigenvalue weighted by atomic mass is 9.85. The highest BCUT2D eigenvalue weighted by atomic mass is 32.2. The topological polar surface area (TPSA) is 173 Å². The maximum atomic E-state index is 14.4. The van der Waals surface area contributed by atoms with Gasteiger partial charge in [0.1, 0.15) is 29.3 Å². The number of pyridine rings is 1. The molecule has 49 heavy (non-hydrogen) atoms. The lowest BCUT2D eigenvalue weighted by Gasteiger charge is -2.36. The zero-order chi connectivity index (χ0) is 36.5. The van der Waals surface area contributed by atoms with Crippen LogP contribution >= 0.6 is 0 Å². The molecule has 4 rings (SSSR count). The van der Waals surface area contributed by atoms with Crippen LogP contribution in [0.3, 0.4) is 0 Å². The third kappa shape index (κ3) is 9.28. The molecule has 2 heterocycles. The quantitative estimate of drug-likeness (QED) is 0.294. The van der Waals surface area contributed by atoms with Gasteiger partial charge in [-0.25, -0.2) is 18.2 Å². The van der Waals surface area contributed by atoms with Gasteiger partial charge in [-0.15, -0.1) is 6.58 Å². The van der Waals surface area contributed by atoms with Gasteiger partial charge in [0.05, 0.1) is 11.8 Å². The van der Waals surface area contributed by atoms with E-state index in [1.54, 1.807) is 47.7 Å². The Hall–Kier alpha value is -4.20. The summed E-state index contributed by atoms with van der Waals surface area (Å²) >= 11 is 0. The normalized spacial score (nSPS) is 20.1. The van der Waals surface area contributed by atoms with E-state index in [0.717, 1.165) is 16.3 Å². The molecular weight excluding hydrogens is 650 g/mol. The number of fused-ring (bicyclic) bond motifs is 1. The molecule has 1 saturated heterocycles. The third-order valence-corrected chi connectivity index (χ3v) is 10.3. The molecule has 0 radical (unpaired) electrons. The average Bonchev–Trinajstić information content (AvgIpc) is 3.75. The summed E-state index contributed by atoms with van der Waals surface area (Å²) in [4.78, 5) is 60.5. The van der Waals surface area contributed by atoms with E-state index in [1.165, 1.54) is 17.9 Å². The summed E-state index contributed by atoms with van der Waals surface area (Å²) < 4.78 is 39.1. The predicted molar refractivity (Wildman–Crippen MR) is 185 cm³/mol. The number of rotatable bonds is 11. The monoisotopic (exact) mass is 699 g/mol. The molecule has 2 aromatic rings. The number of alkyl carbamates (subject to hydrolysis) is 1. The minimum Gasteiger partial charge on any atom is -0.472 e. The maximum absolute atomic E-state index is 14.4. The van der Waals surface area contributed by atoms with Crippen LogP contribution in [0.25, 0.3) is 10.8 Å². The lowest BCUT2D eigenvalue weighted by molar-refractivity contribution is -0.143. The Morgan fingerprint density at radius 1 is 1.08 bits per heavy atom. The molecule has 3 N–H and O–H groups in total. The molecule has 2 aliphatic rings. The second-order valence-corrected chi connectivity index (χ2v) is 17.2. The molecular formula is C35H49N5O8S. The number of sulfonamides is 1. The molecule has 268 valence electrons. The van der Waals surface area contributed by atoms with Crippen molar-refractivity contribution in [2.75, 3.05) is 6.54 Å². The van der Waals surface area contributed by atoms with Gasteiger partial charge in [-0.1, -0.05) is 44.5 Å². The maximum Gasteiger partial charge on any atom is 0.408 e. The number of nitrogens with one attached hydrogen (secondary N) is 3. The van der Waals surface area contributed by atoms with Crippen molar-refractivity contribution in [3.05, 3.63) is 48.7 Å². The molecule has 14 heteroatoms. The van der Waals surface area contributed by atoms with Gasteiger partial charge in [-0.3, -0.25) is 19.1 Å².